The SMILES string of the molecule is Cc1ncnc(N2CC3CN(Cc4ccnc(C5CCC5)n4)CC3C2)c1C. The van der Waals surface area contributed by atoms with Crippen LogP contribution in [0.2, 0.25) is 0 Å². The van der Waals surface area contributed by atoms with E-state index in [1.165, 1.54) is 30.5 Å². The van der Waals surface area contributed by atoms with Crippen molar-refractivity contribution in [3.05, 3.63) is 41.4 Å². The zero-order chi connectivity index (χ0) is 18.4. The van der Waals surface area contributed by atoms with Crippen LogP contribution in [-0.2, 0) is 6.54 Å². The van der Waals surface area contributed by atoms with E-state index >= 15 is 0 Å². The minimum absolute atomic E-state index is 0.607. The first-order chi connectivity index (χ1) is 13.2. The number of likely N-dealkylation sites (tertiary alicyclic amines) is 1. The van der Waals surface area contributed by atoms with Crippen LogP contribution in [0.15, 0.2) is 18.6 Å². The van der Waals surface area contributed by atoms with Crippen LogP contribution in [0.4, 0.5) is 5.82 Å². The lowest BCUT2D eigenvalue weighted by Crippen LogP contribution is -2.30. The van der Waals surface area contributed by atoms with E-state index in [1.54, 1.807) is 6.33 Å². The summed E-state index contributed by atoms with van der Waals surface area (Å²) in [5, 5.41) is 0. The van der Waals surface area contributed by atoms with Crippen molar-refractivity contribution >= 4 is 5.82 Å². The highest BCUT2D eigenvalue weighted by Gasteiger charge is 2.40. The van der Waals surface area contributed by atoms with Crippen molar-refractivity contribution in [2.75, 3.05) is 31.1 Å². The largest absolute Gasteiger partial charge is 0.356 e. The summed E-state index contributed by atoms with van der Waals surface area (Å²) in [6, 6.07) is 2.09. The first kappa shape index (κ1) is 17.0. The molecule has 0 aromatic carbocycles. The average Bonchev–Trinajstić information content (AvgIpc) is 3.14. The topological polar surface area (TPSA) is 58.0 Å². The highest BCUT2D eigenvalue weighted by atomic mass is 15.3. The highest BCUT2D eigenvalue weighted by molar-refractivity contribution is 5.48. The molecule has 2 saturated heterocycles. The van der Waals surface area contributed by atoms with Crippen molar-refractivity contribution in [2.45, 2.75) is 45.6 Å². The third-order valence-corrected chi connectivity index (χ3v) is 6.76. The van der Waals surface area contributed by atoms with Gasteiger partial charge in [-0.1, -0.05) is 6.42 Å². The zero-order valence-corrected chi connectivity index (χ0v) is 16.3. The summed E-state index contributed by atoms with van der Waals surface area (Å²) in [5.41, 5.74) is 3.49. The Hall–Kier alpha value is -2.08. The van der Waals surface area contributed by atoms with Crippen LogP contribution in [0.3, 0.4) is 0 Å². The third kappa shape index (κ3) is 3.20. The van der Waals surface area contributed by atoms with Gasteiger partial charge in [-0.3, -0.25) is 4.90 Å². The second-order valence-electron chi connectivity index (χ2n) is 8.56. The fraction of sp³-hybridized carbons (Fsp3) is 0.619. The molecule has 2 aromatic rings. The van der Waals surface area contributed by atoms with Crippen molar-refractivity contribution in [1.29, 1.82) is 0 Å². The predicted octanol–water partition coefficient (Wildman–Crippen LogP) is 2.72. The Morgan fingerprint density at radius 1 is 1.00 bits per heavy atom. The molecule has 1 saturated carbocycles. The molecule has 142 valence electrons. The predicted molar refractivity (Wildman–Crippen MR) is 105 cm³/mol. The highest BCUT2D eigenvalue weighted by Crippen LogP contribution is 2.36. The van der Waals surface area contributed by atoms with Crippen LogP contribution in [0, 0.1) is 25.7 Å². The molecule has 0 radical (unpaired) electrons. The van der Waals surface area contributed by atoms with E-state index in [1.807, 2.05) is 6.20 Å². The summed E-state index contributed by atoms with van der Waals surface area (Å²) in [7, 11) is 0. The van der Waals surface area contributed by atoms with Gasteiger partial charge in [-0.25, -0.2) is 19.9 Å². The number of rotatable bonds is 4. The van der Waals surface area contributed by atoms with E-state index in [9.17, 15) is 0 Å². The van der Waals surface area contributed by atoms with Crippen LogP contribution in [0.5, 0.6) is 0 Å². The van der Waals surface area contributed by atoms with Gasteiger partial charge in [0.15, 0.2) is 0 Å². The van der Waals surface area contributed by atoms with Gasteiger partial charge in [0.2, 0.25) is 0 Å². The monoisotopic (exact) mass is 364 g/mol. The minimum Gasteiger partial charge on any atom is -0.356 e. The fourth-order valence-corrected chi connectivity index (χ4v) is 4.83. The number of anilines is 1. The van der Waals surface area contributed by atoms with Crippen molar-refractivity contribution in [2.24, 2.45) is 11.8 Å². The van der Waals surface area contributed by atoms with Crippen LogP contribution in [0.1, 0.15) is 48.0 Å². The first-order valence-electron chi connectivity index (χ1n) is 10.2. The van der Waals surface area contributed by atoms with E-state index in [4.69, 9.17) is 4.98 Å². The molecule has 27 heavy (non-hydrogen) atoms. The molecule has 2 atom stereocenters. The summed E-state index contributed by atoms with van der Waals surface area (Å²) in [6.07, 6.45) is 7.50. The van der Waals surface area contributed by atoms with Crippen LogP contribution in [-0.4, -0.2) is 51.0 Å². The lowest BCUT2D eigenvalue weighted by Gasteiger charge is -2.25. The molecule has 1 aliphatic carbocycles. The molecule has 6 nitrogen and oxygen atoms in total. The molecule has 0 amide bonds. The minimum atomic E-state index is 0.607. The summed E-state index contributed by atoms with van der Waals surface area (Å²) in [6.45, 7) is 9.70. The van der Waals surface area contributed by atoms with Gasteiger partial charge in [0, 0.05) is 56.1 Å². The summed E-state index contributed by atoms with van der Waals surface area (Å²) < 4.78 is 0. The molecule has 5 rings (SSSR count). The van der Waals surface area contributed by atoms with Gasteiger partial charge < -0.3 is 4.90 Å². The number of hydrogen-bond acceptors (Lipinski definition) is 6. The zero-order valence-electron chi connectivity index (χ0n) is 16.3. The first-order valence-corrected chi connectivity index (χ1v) is 10.2. The lowest BCUT2D eigenvalue weighted by atomic mass is 9.85. The lowest BCUT2D eigenvalue weighted by molar-refractivity contribution is 0.303. The normalized spacial score (nSPS) is 25.6. The molecule has 4 heterocycles. The Morgan fingerprint density at radius 2 is 1.78 bits per heavy atom. The Balaban J connectivity index is 1.22. The number of aromatic nitrogens is 4. The summed E-state index contributed by atoms with van der Waals surface area (Å²) in [4.78, 5) is 23.3. The molecule has 3 fully saturated rings. The Kier molecular flexibility index (Phi) is 4.31. The summed E-state index contributed by atoms with van der Waals surface area (Å²) in [5.74, 6) is 4.26. The Bertz CT molecular complexity index is 819. The van der Waals surface area contributed by atoms with Gasteiger partial charge in [-0.2, -0.15) is 0 Å². The average molecular weight is 364 g/mol. The van der Waals surface area contributed by atoms with Gasteiger partial charge >= 0.3 is 0 Å². The smallest absolute Gasteiger partial charge is 0.135 e. The molecule has 0 bridgehead atoms. The van der Waals surface area contributed by atoms with Gasteiger partial charge in [-0.15, -0.1) is 0 Å². The van der Waals surface area contributed by atoms with Crippen molar-refractivity contribution in [3.8, 4) is 0 Å². The number of fused-ring (bicyclic) bond motifs is 1. The van der Waals surface area contributed by atoms with Gasteiger partial charge in [0.1, 0.15) is 18.0 Å². The molecule has 2 aromatic heterocycles. The van der Waals surface area contributed by atoms with Gasteiger partial charge in [-0.05, 0) is 44.6 Å². The molecule has 6 heteroatoms. The Labute approximate surface area is 161 Å². The van der Waals surface area contributed by atoms with E-state index < -0.39 is 0 Å². The quantitative estimate of drug-likeness (QED) is 0.831. The van der Waals surface area contributed by atoms with Crippen LogP contribution >= 0.6 is 0 Å². The van der Waals surface area contributed by atoms with E-state index in [0.717, 1.165) is 61.9 Å². The Morgan fingerprint density at radius 3 is 2.48 bits per heavy atom. The molecule has 3 aliphatic rings. The molecular weight excluding hydrogens is 336 g/mol. The summed E-state index contributed by atoms with van der Waals surface area (Å²) >= 11 is 0. The second-order valence-corrected chi connectivity index (χ2v) is 8.56. The molecular formula is C21H28N6. The number of hydrogen-bond donors (Lipinski definition) is 0. The van der Waals surface area contributed by atoms with Gasteiger partial charge in [0.05, 0.1) is 5.69 Å². The molecule has 2 unspecified atom stereocenters. The van der Waals surface area contributed by atoms with E-state index in [-0.39, 0.29) is 0 Å². The number of aryl methyl sites for hydroxylation is 1. The fourth-order valence-electron chi connectivity index (χ4n) is 4.83. The van der Waals surface area contributed by atoms with Crippen LogP contribution in [0.25, 0.3) is 0 Å². The molecule has 0 spiro atoms. The third-order valence-electron chi connectivity index (χ3n) is 6.76. The standard InChI is InChI=1S/C21H28N6/c1-14-15(2)23-13-24-21(14)27-10-17-8-26(9-18(17)11-27)12-19-6-7-22-20(25-19)16-4-3-5-16/h6-7,13,16-18H,3-5,8-12H2,1-2H3. The van der Waals surface area contributed by atoms with Crippen LogP contribution < -0.4 is 4.90 Å². The van der Waals surface area contributed by atoms with Crippen molar-refractivity contribution in [1.82, 2.24) is 24.8 Å². The molecule has 2 aliphatic heterocycles. The van der Waals surface area contributed by atoms with E-state index in [0.29, 0.717) is 5.92 Å². The maximum absolute atomic E-state index is 4.86. The number of nitrogens with zero attached hydrogens (tertiary/aromatic N) is 6. The van der Waals surface area contributed by atoms with Crippen molar-refractivity contribution in [3.63, 3.8) is 0 Å². The van der Waals surface area contributed by atoms with Crippen molar-refractivity contribution < 1.29 is 0 Å². The maximum Gasteiger partial charge on any atom is 0.135 e. The maximum atomic E-state index is 4.86. The van der Waals surface area contributed by atoms with E-state index in [2.05, 4.69) is 44.7 Å². The second kappa shape index (κ2) is 6.82. The van der Waals surface area contributed by atoms with Gasteiger partial charge in [0.25, 0.3) is 0 Å². The molecule has 0 N–H and O–H groups in total.